The van der Waals surface area contributed by atoms with Gasteiger partial charge in [-0.1, -0.05) is 0 Å². The highest BCUT2D eigenvalue weighted by Crippen LogP contribution is 2.19. The summed E-state index contributed by atoms with van der Waals surface area (Å²) in [6, 6.07) is 11.9. The minimum absolute atomic E-state index is 0.228. The molecule has 25 heavy (non-hydrogen) atoms. The highest BCUT2D eigenvalue weighted by molar-refractivity contribution is 7.14. The van der Waals surface area contributed by atoms with Crippen LogP contribution < -0.4 is 4.74 Å². The van der Waals surface area contributed by atoms with Crippen LogP contribution in [0.25, 0.3) is 0 Å². The second-order valence-corrected chi connectivity index (χ2v) is 7.55. The molecule has 3 rings (SSSR count). The van der Waals surface area contributed by atoms with Gasteiger partial charge in [0.15, 0.2) is 5.78 Å². The molecule has 0 unspecified atom stereocenters. The Hall–Kier alpha value is -2.14. The number of ether oxygens (including phenoxy) is 2. The number of carbonyl (C=O) groups excluding carboxylic acids is 1. The summed E-state index contributed by atoms with van der Waals surface area (Å²) in [4.78, 5) is 18.5. The highest BCUT2D eigenvalue weighted by atomic mass is 32.1. The Labute approximate surface area is 152 Å². The summed E-state index contributed by atoms with van der Waals surface area (Å²) in [5.41, 5.74) is 0.980. The van der Waals surface area contributed by atoms with Crippen LogP contribution >= 0.6 is 11.3 Å². The van der Waals surface area contributed by atoms with Crippen LogP contribution in [0, 0.1) is 6.92 Å². The lowest BCUT2D eigenvalue weighted by Gasteiger charge is -2.07. The predicted molar refractivity (Wildman–Crippen MR) is 101 cm³/mol. The summed E-state index contributed by atoms with van der Waals surface area (Å²) in [5.74, 6) is 1.77. The zero-order valence-electron chi connectivity index (χ0n) is 14.7. The maximum Gasteiger partial charge on any atom is 0.216 e. The Morgan fingerprint density at radius 3 is 2.68 bits per heavy atom. The van der Waals surface area contributed by atoms with E-state index < -0.39 is 0 Å². The van der Waals surface area contributed by atoms with Gasteiger partial charge in [0.2, 0.25) is 5.90 Å². The van der Waals surface area contributed by atoms with Gasteiger partial charge < -0.3 is 9.47 Å². The standard InChI is InChI=1S/C20H23NO3S/c1-14-13-24-20(21-14)16-7-9-17(10-8-16)23-12-4-3-5-18(22)19-11-6-15(2)25-19/h6-11,14H,3-5,12-13H2,1-2H3/t14-/m0/s1. The number of aryl methyl sites for hydroxylation is 1. The minimum Gasteiger partial charge on any atom is -0.494 e. The van der Waals surface area contributed by atoms with E-state index in [1.807, 2.05) is 50.2 Å². The number of thiophene rings is 1. The van der Waals surface area contributed by atoms with E-state index >= 15 is 0 Å². The summed E-state index contributed by atoms with van der Waals surface area (Å²) in [6.07, 6.45) is 2.29. The molecule has 2 aromatic rings. The van der Waals surface area contributed by atoms with E-state index in [9.17, 15) is 4.79 Å². The van der Waals surface area contributed by atoms with Crippen LogP contribution in [0.1, 0.15) is 46.3 Å². The van der Waals surface area contributed by atoms with Crippen molar-refractivity contribution in [2.45, 2.75) is 39.2 Å². The Morgan fingerprint density at radius 1 is 1.24 bits per heavy atom. The van der Waals surface area contributed by atoms with Crippen LogP contribution in [0.5, 0.6) is 5.75 Å². The Morgan fingerprint density at radius 2 is 2.04 bits per heavy atom. The van der Waals surface area contributed by atoms with Crippen LogP contribution in [-0.4, -0.2) is 30.9 Å². The third kappa shape index (κ3) is 4.92. The van der Waals surface area contributed by atoms with Gasteiger partial charge in [-0.3, -0.25) is 4.79 Å². The van der Waals surface area contributed by atoms with Gasteiger partial charge in [-0.15, -0.1) is 11.3 Å². The third-order valence-corrected chi connectivity index (χ3v) is 5.02. The molecule has 0 saturated carbocycles. The zero-order valence-corrected chi connectivity index (χ0v) is 15.5. The molecule has 0 aliphatic carbocycles. The number of ketones is 1. The van der Waals surface area contributed by atoms with Crippen molar-refractivity contribution in [1.82, 2.24) is 0 Å². The van der Waals surface area contributed by atoms with Crippen LogP contribution in [-0.2, 0) is 4.74 Å². The van der Waals surface area contributed by atoms with Crippen molar-refractivity contribution in [3.05, 3.63) is 51.7 Å². The van der Waals surface area contributed by atoms with Crippen molar-refractivity contribution in [2.24, 2.45) is 4.99 Å². The van der Waals surface area contributed by atoms with Crippen LogP contribution in [0.4, 0.5) is 0 Å². The monoisotopic (exact) mass is 357 g/mol. The van der Waals surface area contributed by atoms with Crippen LogP contribution in [0.3, 0.4) is 0 Å². The topological polar surface area (TPSA) is 47.9 Å². The molecule has 1 aromatic heterocycles. The molecule has 0 bridgehead atoms. The van der Waals surface area contributed by atoms with E-state index in [-0.39, 0.29) is 11.8 Å². The molecule has 1 aliphatic rings. The molecule has 132 valence electrons. The normalized spacial score (nSPS) is 16.4. The second kappa shape index (κ2) is 8.30. The number of rotatable bonds is 8. The minimum atomic E-state index is 0.228. The molecule has 0 spiro atoms. The van der Waals surface area contributed by atoms with E-state index in [0.29, 0.717) is 25.5 Å². The SMILES string of the molecule is Cc1ccc(C(=O)CCCCOc2ccc(C3=N[C@@H](C)CO3)cc2)s1. The maximum atomic E-state index is 12.0. The fraction of sp³-hybridized carbons (Fsp3) is 0.400. The first-order chi connectivity index (χ1) is 12.1. The van der Waals surface area contributed by atoms with Crippen LogP contribution in [0.2, 0.25) is 0 Å². The summed E-state index contributed by atoms with van der Waals surface area (Å²) >= 11 is 1.57. The summed E-state index contributed by atoms with van der Waals surface area (Å²) < 4.78 is 11.3. The average molecular weight is 357 g/mol. The molecule has 0 saturated heterocycles. The van der Waals surface area contributed by atoms with Gasteiger partial charge in [0.1, 0.15) is 12.4 Å². The highest BCUT2D eigenvalue weighted by Gasteiger charge is 2.15. The largest absolute Gasteiger partial charge is 0.494 e. The van der Waals surface area contributed by atoms with Gasteiger partial charge in [0.25, 0.3) is 0 Å². The van der Waals surface area contributed by atoms with E-state index in [1.54, 1.807) is 11.3 Å². The maximum absolute atomic E-state index is 12.0. The van der Waals surface area contributed by atoms with E-state index in [1.165, 1.54) is 4.88 Å². The first-order valence-corrected chi connectivity index (χ1v) is 9.47. The number of nitrogens with zero attached hydrogens (tertiary/aromatic N) is 1. The quantitative estimate of drug-likeness (QED) is 0.510. The fourth-order valence-electron chi connectivity index (χ4n) is 2.61. The number of unbranched alkanes of at least 4 members (excludes halogenated alkanes) is 1. The van der Waals surface area contributed by atoms with Crippen molar-refractivity contribution >= 4 is 23.0 Å². The summed E-state index contributed by atoms with van der Waals surface area (Å²) in [5, 5.41) is 0. The van der Waals surface area contributed by atoms with Crippen LogP contribution in [0.15, 0.2) is 41.4 Å². The van der Waals surface area contributed by atoms with E-state index in [0.717, 1.165) is 29.0 Å². The molecule has 1 atom stereocenters. The fourth-order valence-corrected chi connectivity index (χ4v) is 3.45. The third-order valence-electron chi connectivity index (χ3n) is 3.98. The molecule has 0 fully saturated rings. The van der Waals surface area contributed by atoms with Gasteiger partial charge in [-0.25, -0.2) is 4.99 Å². The number of carbonyl (C=O) groups is 1. The van der Waals surface area contributed by atoms with E-state index in [2.05, 4.69) is 4.99 Å². The Balaban J connectivity index is 1.38. The molecule has 0 radical (unpaired) electrons. The van der Waals surface area contributed by atoms with Crippen molar-refractivity contribution in [2.75, 3.05) is 13.2 Å². The summed E-state index contributed by atoms with van der Waals surface area (Å²) in [6.45, 7) is 5.32. The second-order valence-electron chi connectivity index (χ2n) is 6.26. The van der Waals surface area contributed by atoms with Gasteiger partial charge in [0, 0.05) is 16.9 Å². The molecule has 0 amide bonds. The number of benzene rings is 1. The summed E-state index contributed by atoms with van der Waals surface area (Å²) in [7, 11) is 0. The van der Waals surface area contributed by atoms with E-state index in [4.69, 9.17) is 9.47 Å². The van der Waals surface area contributed by atoms with Crippen molar-refractivity contribution in [1.29, 1.82) is 0 Å². The number of hydrogen-bond donors (Lipinski definition) is 0. The van der Waals surface area contributed by atoms with Crippen molar-refractivity contribution < 1.29 is 14.3 Å². The lowest BCUT2D eigenvalue weighted by molar-refractivity contribution is 0.0981. The molecule has 1 aromatic carbocycles. The smallest absolute Gasteiger partial charge is 0.216 e. The first-order valence-electron chi connectivity index (χ1n) is 8.65. The predicted octanol–water partition coefficient (Wildman–Crippen LogP) is 4.65. The van der Waals surface area contributed by atoms with Gasteiger partial charge in [-0.2, -0.15) is 0 Å². The molecular weight excluding hydrogens is 334 g/mol. The Bertz CT molecular complexity index is 749. The molecule has 4 nitrogen and oxygen atoms in total. The number of aliphatic imine (C=N–C) groups is 1. The molecule has 2 heterocycles. The average Bonchev–Trinajstić information content (AvgIpc) is 3.23. The molecule has 5 heteroatoms. The molecule has 1 aliphatic heterocycles. The van der Waals surface area contributed by atoms with Crippen molar-refractivity contribution in [3.63, 3.8) is 0 Å². The van der Waals surface area contributed by atoms with Crippen molar-refractivity contribution in [3.8, 4) is 5.75 Å². The number of Topliss-reactive ketones (excluding diaryl/α,β-unsaturated/α-hetero) is 1. The lowest BCUT2D eigenvalue weighted by Crippen LogP contribution is -2.03. The van der Waals surface area contributed by atoms with Gasteiger partial charge in [0.05, 0.1) is 17.5 Å². The van der Waals surface area contributed by atoms with Gasteiger partial charge in [-0.05, 0) is 63.1 Å². The number of hydrogen-bond acceptors (Lipinski definition) is 5. The van der Waals surface area contributed by atoms with Gasteiger partial charge >= 0.3 is 0 Å². The molecule has 0 N–H and O–H groups in total. The lowest BCUT2D eigenvalue weighted by atomic mass is 10.1. The Kier molecular flexibility index (Phi) is 5.87. The molecular formula is C20H23NO3S. The zero-order chi connectivity index (χ0) is 17.6. The first kappa shape index (κ1) is 17.7.